The quantitative estimate of drug-likeness (QED) is 0.473. The molecule has 1 aromatic rings. The number of hydrazine groups is 1. The predicted octanol–water partition coefficient (Wildman–Crippen LogP) is 3.54. The fourth-order valence-corrected chi connectivity index (χ4v) is 4.37. The molecule has 0 amide bonds. The van der Waals surface area contributed by atoms with Crippen LogP contribution in [0.25, 0.3) is 0 Å². The third kappa shape index (κ3) is 5.85. The standard InChI is InChI=1S/C22H32F4N4O2/c1-17(27)21(7-14-31-15-8-21)28(2)30-11-9-29(10-12-30)20-5-4-18(16-19(20)23)32-13-3-6-22(24,25)26/h4-5,16H,1,3,6-15,27H2,2H3. The zero-order valence-electron chi connectivity index (χ0n) is 18.5. The van der Waals surface area contributed by atoms with Gasteiger partial charge < -0.3 is 20.1 Å². The number of halogens is 4. The molecule has 2 saturated heterocycles. The number of benzene rings is 1. The minimum Gasteiger partial charge on any atom is -0.493 e. The molecule has 10 heteroatoms. The van der Waals surface area contributed by atoms with Gasteiger partial charge >= 0.3 is 6.18 Å². The van der Waals surface area contributed by atoms with Crippen LogP contribution in [-0.2, 0) is 4.74 Å². The fourth-order valence-electron chi connectivity index (χ4n) is 4.37. The van der Waals surface area contributed by atoms with Gasteiger partial charge in [0.2, 0.25) is 0 Å². The smallest absolute Gasteiger partial charge is 0.389 e. The Bertz CT molecular complexity index is 776. The van der Waals surface area contributed by atoms with E-state index in [1.165, 1.54) is 6.07 Å². The largest absolute Gasteiger partial charge is 0.493 e. The van der Waals surface area contributed by atoms with Crippen LogP contribution in [0.4, 0.5) is 23.2 Å². The van der Waals surface area contributed by atoms with Gasteiger partial charge in [-0.15, -0.1) is 0 Å². The average molecular weight is 461 g/mol. The Morgan fingerprint density at radius 3 is 2.44 bits per heavy atom. The zero-order valence-corrected chi connectivity index (χ0v) is 18.5. The highest BCUT2D eigenvalue weighted by Gasteiger charge is 2.41. The third-order valence-corrected chi connectivity index (χ3v) is 6.35. The molecule has 180 valence electrons. The first-order valence-corrected chi connectivity index (χ1v) is 10.9. The van der Waals surface area contributed by atoms with Crippen LogP contribution >= 0.6 is 0 Å². The van der Waals surface area contributed by atoms with Gasteiger partial charge in [-0.3, -0.25) is 0 Å². The van der Waals surface area contributed by atoms with E-state index in [1.807, 2.05) is 11.9 Å². The van der Waals surface area contributed by atoms with E-state index < -0.39 is 18.4 Å². The molecule has 2 heterocycles. The van der Waals surface area contributed by atoms with Crippen molar-refractivity contribution in [1.82, 2.24) is 10.0 Å². The van der Waals surface area contributed by atoms with E-state index in [9.17, 15) is 17.6 Å². The van der Waals surface area contributed by atoms with Crippen LogP contribution < -0.4 is 15.4 Å². The molecule has 0 unspecified atom stereocenters. The summed E-state index contributed by atoms with van der Waals surface area (Å²) in [6.45, 7) is 7.81. The van der Waals surface area contributed by atoms with Crippen molar-refractivity contribution in [3.63, 3.8) is 0 Å². The average Bonchev–Trinajstić information content (AvgIpc) is 2.76. The third-order valence-electron chi connectivity index (χ3n) is 6.35. The molecule has 2 N–H and O–H groups in total. The Kier molecular flexibility index (Phi) is 7.89. The summed E-state index contributed by atoms with van der Waals surface area (Å²) in [6, 6.07) is 4.45. The highest BCUT2D eigenvalue weighted by molar-refractivity contribution is 5.51. The first-order chi connectivity index (χ1) is 15.1. The summed E-state index contributed by atoms with van der Waals surface area (Å²) in [5, 5.41) is 4.39. The van der Waals surface area contributed by atoms with Crippen molar-refractivity contribution in [2.45, 2.75) is 37.4 Å². The molecule has 0 saturated carbocycles. The summed E-state index contributed by atoms with van der Waals surface area (Å²) in [6.07, 6.45) is -3.74. The van der Waals surface area contributed by atoms with Crippen molar-refractivity contribution < 1.29 is 27.0 Å². The SMILES string of the molecule is C=C(N)C1(N(C)N2CCN(c3ccc(OCCCC(F)(F)F)cc3F)CC2)CCOCC1. The summed E-state index contributed by atoms with van der Waals surface area (Å²) in [7, 11) is 2.02. The van der Waals surface area contributed by atoms with E-state index >= 15 is 0 Å². The van der Waals surface area contributed by atoms with E-state index in [1.54, 1.807) is 12.1 Å². The predicted molar refractivity (Wildman–Crippen MR) is 115 cm³/mol. The highest BCUT2D eigenvalue weighted by Crippen LogP contribution is 2.33. The Balaban J connectivity index is 1.55. The van der Waals surface area contributed by atoms with Crippen LogP contribution in [0.5, 0.6) is 5.75 Å². The number of likely N-dealkylation sites (N-methyl/N-ethyl adjacent to an activating group) is 1. The molecule has 2 fully saturated rings. The van der Waals surface area contributed by atoms with Crippen molar-refractivity contribution >= 4 is 5.69 Å². The molecule has 2 aliphatic heterocycles. The number of anilines is 1. The summed E-state index contributed by atoms with van der Waals surface area (Å²) < 4.78 is 62.1. The molecule has 0 aromatic heterocycles. The normalized spacial score (nSPS) is 19.9. The topological polar surface area (TPSA) is 54.2 Å². The second-order valence-electron chi connectivity index (χ2n) is 8.31. The Hall–Kier alpha value is -2.04. The lowest BCUT2D eigenvalue weighted by atomic mass is 9.86. The van der Waals surface area contributed by atoms with Crippen LogP contribution in [-0.4, -0.2) is 74.8 Å². The van der Waals surface area contributed by atoms with Crippen LogP contribution in [0.1, 0.15) is 25.7 Å². The number of hydrogen-bond donors (Lipinski definition) is 1. The summed E-state index contributed by atoms with van der Waals surface area (Å²) in [4.78, 5) is 1.96. The van der Waals surface area contributed by atoms with Gasteiger partial charge in [0.25, 0.3) is 0 Å². The van der Waals surface area contributed by atoms with Crippen LogP contribution in [0.15, 0.2) is 30.5 Å². The number of nitrogens with zero attached hydrogens (tertiary/aromatic N) is 3. The maximum atomic E-state index is 14.7. The maximum Gasteiger partial charge on any atom is 0.389 e. The first kappa shape index (κ1) is 24.6. The van der Waals surface area contributed by atoms with Gasteiger partial charge in [0.15, 0.2) is 0 Å². The van der Waals surface area contributed by atoms with Gasteiger partial charge in [-0.2, -0.15) is 13.2 Å². The Morgan fingerprint density at radius 2 is 1.88 bits per heavy atom. The van der Waals surface area contributed by atoms with Gasteiger partial charge in [-0.05, 0) is 31.4 Å². The molecule has 1 aromatic carbocycles. The highest BCUT2D eigenvalue weighted by atomic mass is 19.4. The molecule has 0 radical (unpaired) electrons. The molecular formula is C22H32F4N4O2. The van der Waals surface area contributed by atoms with E-state index in [0.717, 1.165) is 12.8 Å². The molecule has 0 spiro atoms. The lowest BCUT2D eigenvalue weighted by Crippen LogP contribution is -2.63. The second-order valence-corrected chi connectivity index (χ2v) is 8.31. The number of ether oxygens (including phenoxy) is 2. The van der Waals surface area contributed by atoms with E-state index in [0.29, 0.717) is 50.8 Å². The van der Waals surface area contributed by atoms with Gasteiger partial charge in [0.05, 0.1) is 17.8 Å². The molecule has 0 bridgehead atoms. The van der Waals surface area contributed by atoms with Crippen molar-refractivity contribution in [3.8, 4) is 5.75 Å². The van der Waals surface area contributed by atoms with Crippen molar-refractivity contribution in [2.75, 3.05) is 57.9 Å². The summed E-state index contributed by atoms with van der Waals surface area (Å²) >= 11 is 0. The number of rotatable bonds is 8. The molecule has 0 atom stereocenters. The number of piperazine rings is 1. The van der Waals surface area contributed by atoms with Crippen molar-refractivity contribution in [1.29, 1.82) is 0 Å². The zero-order chi connectivity index (χ0) is 23.4. The molecule has 0 aliphatic carbocycles. The second kappa shape index (κ2) is 10.3. The van der Waals surface area contributed by atoms with E-state index in [2.05, 4.69) is 16.6 Å². The molecule has 6 nitrogen and oxygen atoms in total. The van der Waals surface area contributed by atoms with Crippen LogP contribution in [0.3, 0.4) is 0 Å². The van der Waals surface area contributed by atoms with Gasteiger partial charge in [0.1, 0.15) is 11.6 Å². The lowest BCUT2D eigenvalue weighted by Gasteiger charge is -2.51. The monoisotopic (exact) mass is 460 g/mol. The Labute approximate surface area is 186 Å². The number of nitrogens with two attached hydrogens (primary N) is 1. The lowest BCUT2D eigenvalue weighted by molar-refractivity contribution is -0.136. The number of hydrogen-bond acceptors (Lipinski definition) is 6. The minimum absolute atomic E-state index is 0.109. The molecule has 3 rings (SSSR count). The van der Waals surface area contributed by atoms with Gasteiger partial charge in [-0.25, -0.2) is 14.4 Å². The first-order valence-electron chi connectivity index (χ1n) is 10.9. The van der Waals surface area contributed by atoms with Crippen molar-refractivity contribution in [2.24, 2.45) is 5.73 Å². The minimum atomic E-state index is -4.21. The van der Waals surface area contributed by atoms with Gasteiger partial charge in [-0.1, -0.05) is 6.58 Å². The molecule has 32 heavy (non-hydrogen) atoms. The molecule has 2 aliphatic rings. The van der Waals surface area contributed by atoms with E-state index in [4.69, 9.17) is 15.2 Å². The molecular weight excluding hydrogens is 428 g/mol. The van der Waals surface area contributed by atoms with Crippen LogP contribution in [0.2, 0.25) is 0 Å². The number of alkyl halides is 3. The van der Waals surface area contributed by atoms with Crippen LogP contribution in [0, 0.1) is 5.82 Å². The fraction of sp³-hybridized carbons (Fsp3) is 0.636. The van der Waals surface area contributed by atoms with Gasteiger partial charge in [0, 0.05) is 64.6 Å². The maximum absolute atomic E-state index is 14.7. The summed E-state index contributed by atoms with van der Waals surface area (Å²) in [5.74, 6) is -0.217. The van der Waals surface area contributed by atoms with Crippen molar-refractivity contribution in [3.05, 3.63) is 36.3 Å². The van der Waals surface area contributed by atoms with E-state index in [-0.39, 0.29) is 24.3 Å². The Morgan fingerprint density at radius 1 is 1.22 bits per heavy atom. The summed E-state index contributed by atoms with van der Waals surface area (Å²) in [5.41, 5.74) is 6.93.